The minimum atomic E-state index is -0.502. The number of pyridine rings is 1. The Balaban J connectivity index is 1.66. The number of hydrogen-bond donors (Lipinski definition) is 1. The lowest BCUT2D eigenvalue weighted by molar-refractivity contribution is -0.384. The molecule has 0 unspecified atom stereocenters. The summed E-state index contributed by atoms with van der Waals surface area (Å²) in [5.74, 6) is -0.502. The molecule has 11 heteroatoms. The Morgan fingerprint density at radius 1 is 1.15 bits per heavy atom. The number of nitrogens with one attached hydrogen (secondary N) is 1. The second-order valence-corrected chi connectivity index (χ2v) is 7.97. The highest BCUT2D eigenvalue weighted by molar-refractivity contribution is 9.10. The molecule has 9 nitrogen and oxygen atoms in total. The lowest BCUT2D eigenvalue weighted by atomic mass is 10.1. The van der Waals surface area contributed by atoms with Crippen LogP contribution in [0.1, 0.15) is 15.9 Å². The van der Waals surface area contributed by atoms with Crippen molar-refractivity contribution in [3.8, 4) is 16.9 Å². The SMILES string of the molecule is O=C(N/N=C\c1cn(-c2ccc([N+](=O)[O-])cc2)nc1-c1ccc(Br)cc1)c1cccnc1Cl. The number of hydrogen-bond acceptors (Lipinski definition) is 6. The van der Waals surface area contributed by atoms with Gasteiger partial charge in [0.1, 0.15) is 10.8 Å². The molecule has 0 aliphatic rings. The van der Waals surface area contributed by atoms with Crippen molar-refractivity contribution in [3.05, 3.63) is 104 Å². The van der Waals surface area contributed by atoms with Crippen molar-refractivity contribution in [2.75, 3.05) is 0 Å². The molecule has 2 aromatic carbocycles. The molecule has 0 spiro atoms. The summed E-state index contributed by atoms with van der Waals surface area (Å²) in [6.45, 7) is 0. The minimum absolute atomic E-state index is 0.0161. The second-order valence-electron chi connectivity index (χ2n) is 6.70. The summed E-state index contributed by atoms with van der Waals surface area (Å²) in [6.07, 6.45) is 4.67. The van der Waals surface area contributed by atoms with Gasteiger partial charge in [0.2, 0.25) is 0 Å². The van der Waals surface area contributed by atoms with Crippen LogP contribution in [-0.4, -0.2) is 31.8 Å². The van der Waals surface area contributed by atoms with Crippen LogP contribution < -0.4 is 5.43 Å². The van der Waals surface area contributed by atoms with Crippen LogP contribution >= 0.6 is 27.5 Å². The van der Waals surface area contributed by atoms with E-state index in [9.17, 15) is 14.9 Å². The number of benzene rings is 2. The maximum absolute atomic E-state index is 12.3. The second kappa shape index (κ2) is 9.72. The van der Waals surface area contributed by atoms with Crippen LogP contribution in [0.15, 0.2) is 82.6 Å². The van der Waals surface area contributed by atoms with Gasteiger partial charge in [0.05, 0.1) is 22.4 Å². The van der Waals surface area contributed by atoms with E-state index in [2.05, 4.69) is 36.5 Å². The third-order valence-electron chi connectivity index (χ3n) is 4.56. The Kier molecular flexibility index (Phi) is 6.57. The predicted molar refractivity (Wildman–Crippen MR) is 128 cm³/mol. The smallest absolute Gasteiger partial charge is 0.267 e. The summed E-state index contributed by atoms with van der Waals surface area (Å²) in [6, 6.07) is 16.7. The van der Waals surface area contributed by atoms with E-state index in [4.69, 9.17) is 11.6 Å². The van der Waals surface area contributed by atoms with Crippen molar-refractivity contribution in [2.24, 2.45) is 5.10 Å². The molecule has 4 rings (SSSR count). The van der Waals surface area contributed by atoms with Crippen molar-refractivity contribution in [3.63, 3.8) is 0 Å². The molecule has 2 aromatic heterocycles. The predicted octanol–water partition coefficient (Wildman–Crippen LogP) is 5.02. The number of amides is 1. The normalized spacial score (nSPS) is 11.0. The van der Waals surface area contributed by atoms with Crippen molar-refractivity contribution in [1.82, 2.24) is 20.2 Å². The van der Waals surface area contributed by atoms with E-state index in [1.807, 2.05) is 24.3 Å². The first-order valence-corrected chi connectivity index (χ1v) is 10.6. The fourth-order valence-corrected chi connectivity index (χ4v) is 3.42. The van der Waals surface area contributed by atoms with Gasteiger partial charge in [-0.25, -0.2) is 15.1 Å². The van der Waals surface area contributed by atoms with Crippen LogP contribution in [0.3, 0.4) is 0 Å². The van der Waals surface area contributed by atoms with Crippen LogP contribution in [0.5, 0.6) is 0 Å². The first kappa shape index (κ1) is 22.3. The maximum atomic E-state index is 12.3. The Hall–Kier alpha value is -3.89. The zero-order valence-electron chi connectivity index (χ0n) is 16.7. The lowest BCUT2D eigenvalue weighted by Gasteiger charge is -2.01. The molecule has 33 heavy (non-hydrogen) atoms. The van der Waals surface area contributed by atoms with Crippen LogP contribution in [0.4, 0.5) is 5.69 Å². The third-order valence-corrected chi connectivity index (χ3v) is 5.39. The van der Waals surface area contributed by atoms with E-state index < -0.39 is 10.8 Å². The first-order valence-electron chi connectivity index (χ1n) is 9.47. The number of nitrogens with zero attached hydrogens (tertiary/aromatic N) is 5. The summed E-state index contributed by atoms with van der Waals surface area (Å²) in [4.78, 5) is 26.7. The summed E-state index contributed by atoms with van der Waals surface area (Å²) in [7, 11) is 0. The minimum Gasteiger partial charge on any atom is -0.267 e. The molecule has 0 aliphatic carbocycles. The highest BCUT2D eigenvalue weighted by Gasteiger charge is 2.13. The fourth-order valence-electron chi connectivity index (χ4n) is 2.95. The molecule has 1 N–H and O–H groups in total. The summed E-state index contributed by atoms with van der Waals surface area (Å²) < 4.78 is 2.50. The summed E-state index contributed by atoms with van der Waals surface area (Å²) in [5, 5.41) is 19.7. The molecule has 164 valence electrons. The van der Waals surface area contributed by atoms with E-state index >= 15 is 0 Å². The topological polar surface area (TPSA) is 115 Å². The fraction of sp³-hybridized carbons (Fsp3) is 0. The third kappa shape index (κ3) is 5.13. The molecule has 1 amide bonds. The van der Waals surface area contributed by atoms with E-state index in [0.29, 0.717) is 16.9 Å². The molecule has 0 aliphatic heterocycles. The zero-order valence-corrected chi connectivity index (χ0v) is 19.1. The summed E-state index contributed by atoms with van der Waals surface area (Å²) in [5.41, 5.74) is 5.29. The highest BCUT2D eigenvalue weighted by Crippen LogP contribution is 2.25. The van der Waals surface area contributed by atoms with Gasteiger partial charge in [-0.3, -0.25) is 14.9 Å². The number of hydrazone groups is 1. The van der Waals surface area contributed by atoms with Gasteiger partial charge in [-0.05, 0) is 36.4 Å². The molecule has 4 aromatic rings. The quantitative estimate of drug-likeness (QED) is 0.164. The number of carbonyl (C=O) groups is 1. The standard InChI is InChI=1S/C22H14BrClN6O3/c23-16-5-3-14(4-6-16)20-15(12-26-27-22(31)19-2-1-11-25-21(19)24)13-29(28-20)17-7-9-18(10-8-17)30(32)33/h1-13H,(H,27,31)/b26-12-. The lowest BCUT2D eigenvalue weighted by Crippen LogP contribution is -2.18. The van der Waals surface area contributed by atoms with Crippen molar-refractivity contribution in [2.45, 2.75) is 0 Å². The molecule has 0 radical (unpaired) electrons. The monoisotopic (exact) mass is 524 g/mol. The van der Waals surface area contributed by atoms with Crippen LogP contribution in [0.2, 0.25) is 5.15 Å². The largest absolute Gasteiger partial charge is 0.274 e. The van der Waals surface area contributed by atoms with Gasteiger partial charge in [0.25, 0.3) is 11.6 Å². The van der Waals surface area contributed by atoms with Gasteiger partial charge in [-0.1, -0.05) is 39.7 Å². The van der Waals surface area contributed by atoms with Gasteiger partial charge >= 0.3 is 0 Å². The Bertz CT molecular complexity index is 1350. The van der Waals surface area contributed by atoms with E-state index in [1.54, 1.807) is 35.1 Å². The van der Waals surface area contributed by atoms with Gasteiger partial charge in [-0.2, -0.15) is 10.2 Å². The molecule has 0 fully saturated rings. The van der Waals surface area contributed by atoms with Gasteiger partial charge < -0.3 is 0 Å². The van der Waals surface area contributed by atoms with E-state index in [1.165, 1.54) is 24.5 Å². The molecule has 0 saturated heterocycles. The Morgan fingerprint density at radius 3 is 2.55 bits per heavy atom. The summed E-state index contributed by atoms with van der Waals surface area (Å²) >= 11 is 9.36. The number of carbonyl (C=O) groups excluding carboxylic acids is 1. The van der Waals surface area contributed by atoms with Crippen molar-refractivity contribution < 1.29 is 9.72 Å². The first-order chi connectivity index (χ1) is 15.9. The maximum Gasteiger partial charge on any atom is 0.274 e. The Labute approximate surface area is 201 Å². The Morgan fingerprint density at radius 2 is 1.88 bits per heavy atom. The average Bonchev–Trinajstić information content (AvgIpc) is 3.24. The van der Waals surface area contributed by atoms with Gasteiger partial charge in [-0.15, -0.1) is 0 Å². The van der Waals surface area contributed by atoms with Crippen LogP contribution in [-0.2, 0) is 0 Å². The molecule has 0 bridgehead atoms. The molecule has 0 saturated carbocycles. The molecular formula is C22H14BrClN6O3. The highest BCUT2D eigenvalue weighted by atomic mass is 79.9. The number of non-ortho nitro benzene ring substituents is 1. The number of rotatable bonds is 6. The van der Waals surface area contributed by atoms with E-state index in [-0.39, 0.29) is 16.4 Å². The number of halogens is 2. The van der Waals surface area contributed by atoms with E-state index in [0.717, 1.165) is 10.0 Å². The molecule has 0 atom stereocenters. The van der Waals surface area contributed by atoms with Crippen LogP contribution in [0.25, 0.3) is 16.9 Å². The van der Waals surface area contributed by atoms with Crippen molar-refractivity contribution >= 4 is 45.3 Å². The average molecular weight is 526 g/mol. The van der Waals surface area contributed by atoms with Gasteiger partial charge in [0.15, 0.2) is 0 Å². The number of nitro groups is 1. The van der Waals surface area contributed by atoms with Crippen molar-refractivity contribution in [1.29, 1.82) is 0 Å². The number of aromatic nitrogens is 3. The molecular weight excluding hydrogens is 512 g/mol. The van der Waals surface area contributed by atoms with Crippen LogP contribution in [0, 0.1) is 10.1 Å². The molecule has 2 heterocycles. The zero-order chi connectivity index (χ0) is 23.4. The number of nitro benzene ring substituents is 1. The van der Waals surface area contributed by atoms with Gasteiger partial charge in [0, 0.05) is 40.1 Å².